The first-order valence-corrected chi connectivity index (χ1v) is 11.8. The first-order valence-electron chi connectivity index (χ1n) is 11.0. The second kappa shape index (κ2) is 14.3. The molecule has 1 aromatic heterocycles. The van der Waals surface area contributed by atoms with Gasteiger partial charge in [-0.15, -0.1) is 0 Å². The highest BCUT2D eigenvalue weighted by atomic mass is 32.2. The van der Waals surface area contributed by atoms with E-state index < -0.39 is 0 Å². The summed E-state index contributed by atoms with van der Waals surface area (Å²) in [4.78, 5) is 8.29. The van der Waals surface area contributed by atoms with Crippen molar-refractivity contribution in [1.82, 2.24) is 4.98 Å². The third-order valence-corrected chi connectivity index (χ3v) is 5.83. The van der Waals surface area contributed by atoms with Gasteiger partial charge in [-0.3, -0.25) is 0 Å². The zero-order valence-electron chi connectivity index (χ0n) is 18.5. The van der Waals surface area contributed by atoms with Gasteiger partial charge in [0.15, 0.2) is 0 Å². The zero-order chi connectivity index (χ0) is 22.3. The Morgan fingerprint density at radius 3 is 2.58 bits per heavy atom. The molecule has 5 nitrogen and oxygen atoms in total. The van der Waals surface area contributed by atoms with Gasteiger partial charge >= 0.3 is 0 Å². The number of aromatic nitrogens is 1. The highest BCUT2D eigenvalue weighted by molar-refractivity contribution is 8.02. The Kier molecular flexibility index (Phi) is 11.4. The van der Waals surface area contributed by atoms with E-state index in [0.717, 1.165) is 17.0 Å². The number of allylic oxidation sites excluding steroid dienone is 1. The van der Waals surface area contributed by atoms with Crippen molar-refractivity contribution in [3.63, 3.8) is 0 Å². The molecule has 1 heterocycles. The number of rotatable bonds is 12. The van der Waals surface area contributed by atoms with Crippen molar-refractivity contribution in [3.05, 3.63) is 74.1 Å². The van der Waals surface area contributed by atoms with Gasteiger partial charge < -0.3 is 5.11 Å². The molecule has 0 unspecified atom stereocenters. The van der Waals surface area contributed by atoms with Gasteiger partial charge in [-0.05, 0) is 54.5 Å². The van der Waals surface area contributed by atoms with E-state index in [-0.39, 0.29) is 12.3 Å². The molecule has 31 heavy (non-hydrogen) atoms. The number of hydrogen-bond donors (Lipinski definition) is 1. The Bertz CT molecular complexity index is 1010. The normalized spacial score (nSPS) is 12.5. The average molecular weight is 437 g/mol. The minimum absolute atomic E-state index is 0.0317. The Balaban J connectivity index is 1.91. The van der Waals surface area contributed by atoms with Crippen LogP contribution in [0.25, 0.3) is 22.6 Å². The molecule has 1 N–H and O–H groups in total. The summed E-state index contributed by atoms with van der Waals surface area (Å²) in [7, 11) is 0. The molecule has 1 aromatic carbocycles. The molecule has 164 valence electrons. The van der Waals surface area contributed by atoms with Crippen LogP contribution >= 0.6 is 11.8 Å². The molecule has 0 aliphatic heterocycles. The molecule has 0 saturated heterocycles. The average Bonchev–Trinajstić information content (AvgIpc) is 2.79. The van der Waals surface area contributed by atoms with Crippen molar-refractivity contribution in [2.75, 3.05) is 0 Å². The molecule has 0 amide bonds. The third kappa shape index (κ3) is 8.91. The quantitative estimate of drug-likeness (QED) is 0.138. The van der Waals surface area contributed by atoms with Gasteiger partial charge in [0, 0.05) is 15.0 Å². The first-order chi connectivity index (χ1) is 15.2. The van der Waals surface area contributed by atoms with E-state index in [1.54, 1.807) is 17.8 Å². The van der Waals surface area contributed by atoms with Crippen LogP contribution in [0.3, 0.4) is 0 Å². The van der Waals surface area contributed by atoms with E-state index in [0.29, 0.717) is 5.69 Å². The highest BCUT2D eigenvalue weighted by Gasteiger charge is 2.02. The summed E-state index contributed by atoms with van der Waals surface area (Å²) < 4.78 is 0. The first kappa shape index (κ1) is 24.6. The summed E-state index contributed by atoms with van der Waals surface area (Å²) in [5.41, 5.74) is 10.2. The molecule has 0 aliphatic carbocycles. The van der Waals surface area contributed by atoms with Gasteiger partial charge in [0.25, 0.3) is 0 Å². The lowest BCUT2D eigenvalue weighted by atomic mass is 10.1. The van der Waals surface area contributed by atoms with Crippen LogP contribution in [0.5, 0.6) is 5.75 Å². The van der Waals surface area contributed by atoms with Crippen LogP contribution in [0.15, 0.2) is 51.8 Å². The van der Waals surface area contributed by atoms with Gasteiger partial charge in [0.05, 0.1) is 17.6 Å². The number of azide groups is 1. The zero-order valence-corrected chi connectivity index (χ0v) is 19.3. The van der Waals surface area contributed by atoms with Crippen molar-refractivity contribution >= 4 is 23.9 Å². The summed E-state index contributed by atoms with van der Waals surface area (Å²) in [5.74, 6) is 0.0336. The molecule has 0 bridgehead atoms. The Labute approximate surface area is 189 Å². The smallest absolute Gasteiger partial charge is 0.137 e. The number of pyridine rings is 1. The van der Waals surface area contributed by atoms with Crippen molar-refractivity contribution < 1.29 is 5.11 Å². The summed E-state index contributed by atoms with van der Waals surface area (Å²) in [5, 5.41) is 17.2. The molecule has 0 fully saturated rings. The third-order valence-electron chi connectivity index (χ3n) is 5.00. The second-order valence-electron chi connectivity index (χ2n) is 7.38. The molecule has 2 aromatic rings. The maximum atomic E-state index is 10.1. The number of aryl methyl sites for hydroxylation is 1. The fourth-order valence-corrected chi connectivity index (χ4v) is 3.86. The van der Waals surface area contributed by atoms with Crippen LogP contribution in [0.1, 0.15) is 63.6 Å². The van der Waals surface area contributed by atoms with Gasteiger partial charge in [-0.2, -0.15) is 0 Å². The van der Waals surface area contributed by atoms with Crippen molar-refractivity contribution in [1.29, 1.82) is 0 Å². The SMILES string of the molecule is C/C=c1/nc(CN=[N+]=[N-])c(O)c/c1=C/C=C/Sc1ccc(CCCCCCCC)cc1. The Morgan fingerprint density at radius 2 is 1.87 bits per heavy atom. The van der Waals surface area contributed by atoms with Crippen molar-refractivity contribution in [2.24, 2.45) is 5.11 Å². The maximum absolute atomic E-state index is 10.1. The largest absolute Gasteiger partial charge is 0.506 e. The minimum Gasteiger partial charge on any atom is -0.506 e. The molecule has 0 atom stereocenters. The van der Waals surface area contributed by atoms with E-state index >= 15 is 0 Å². The number of unbranched alkanes of at least 4 members (excludes halogenated alkanes) is 5. The number of benzene rings is 1. The summed E-state index contributed by atoms with van der Waals surface area (Å²) >= 11 is 1.66. The van der Waals surface area contributed by atoms with Crippen molar-refractivity contribution in [2.45, 2.75) is 70.2 Å². The summed E-state index contributed by atoms with van der Waals surface area (Å²) in [6, 6.07) is 10.4. The van der Waals surface area contributed by atoms with E-state index in [1.165, 1.54) is 49.0 Å². The van der Waals surface area contributed by atoms with E-state index in [2.05, 4.69) is 46.2 Å². The number of aromatic hydroxyl groups is 1. The molecular formula is C25H32N4OS. The maximum Gasteiger partial charge on any atom is 0.137 e. The molecule has 2 rings (SSSR count). The molecular weight excluding hydrogens is 404 g/mol. The van der Waals surface area contributed by atoms with Gasteiger partial charge in [0.1, 0.15) is 5.75 Å². The monoisotopic (exact) mass is 436 g/mol. The summed E-state index contributed by atoms with van der Waals surface area (Å²) in [6.45, 7) is 4.17. The molecule has 0 saturated carbocycles. The van der Waals surface area contributed by atoms with E-state index in [1.807, 2.05) is 30.6 Å². The molecule has 0 aliphatic rings. The predicted molar refractivity (Wildman–Crippen MR) is 131 cm³/mol. The standard InChI is InChI=1S/C25H32N4OS/c1-3-5-6-7-8-9-11-20-13-15-22(16-14-20)31-17-10-12-21-18-25(30)24(19-27-29-26)28-23(21)4-2/h4,10,12-18,30H,3,5-9,11,19H2,1-2H3/b17-10+,21-12-,23-4+. The number of thioether (sulfide) groups is 1. The lowest BCUT2D eigenvalue weighted by molar-refractivity contribution is 0.463. The predicted octanol–water partition coefficient (Wildman–Crippen LogP) is 6.39. The molecule has 0 spiro atoms. The summed E-state index contributed by atoms with van der Waals surface area (Å²) in [6.07, 6.45) is 14.9. The topological polar surface area (TPSA) is 81.9 Å². The number of hydrogen-bond acceptors (Lipinski definition) is 4. The van der Waals surface area contributed by atoms with Gasteiger partial charge in [0.2, 0.25) is 0 Å². The highest BCUT2D eigenvalue weighted by Crippen LogP contribution is 2.20. The van der Waals surface area contributed by atoms with E-state index in [4.69, 9.17) is 5.53 Å². The van der Waals surface area contributed by atoms with Crippen molar-refractivity contribution in [3.8, 4) is 5.75 Å². The Hall–Kier alpha value is -2.69. The van der Waals surface area contributed by atoms with Gasteiger partial charge in [-0.25, -0.2) is 4.98 Å². The fourth-order valence-electron chi connectivity index (χ4n) is 3.26. The minimum atomic E-state index is 0.0317. The van der Waals surface area contributed by atoms with Crippen LogP contribution in [0.2, 0.25) is 0 Å². The lowest BCUT2D eigenvalue weighted by Gasteiger charge is -2.03. The lowest BCUT2D eigenvalue weighted by Crippen LogP contribution is -2.28. The second-order valence-corrected chi connectivity index (χ2v) is 8.36. The van der Waals surface area contributed by atoms with Crippen LogP contribution in [0.4, 0.5) is 0 Å². The van der Waals surface area contributed by atoms with Crippen LogP contribution in [0, 0.1) is 0 Å². The van der Waals surface area contributed by atoms with Crippen LogP contribution in [-0.2, 0) is 13.0 Å². The molecule has 6 heteroatoms. The molecule has 0 radical (unpaired) electrons. The Morgan fingerprint density at radius 1 is 1.13 bits per heavy atom. The number of nitrogens with zero attached hydrogens (tertiary/aromatic N) is 4. The van der Waals surface area contributed by atoms with E-state index in [9.17, 15) is 5.11 Å². The van der Waals surface area contributed by atoms with Crippen LogP contribution in [-0.4, -0.2) is 10.1 Å². The van der Waals surface area contributed by atoms with Gasteiger partial charge in [-0.1, -0.05) is 86.3 Å². The van der Waals surface area contributed by atoms with Crippen LogP contribution < -0.4 is 10.6 Å². The fraction of sp³-hybridized carbons (Fsp3) is 0.400.